The third kappa shape index (κ3) is 3.19. The second kappa shape index (κ2) is 8.12. The minimum absolute atomic E-state index is 0.193. The average molecular weight is 545 g/mol. The summed E-state index contributed by atoms with van der Waals surface area (Å²) in [7, 11) is 0. The molecule has 178 valence electrons. The average Bonchev–Trinajstić information content (AvgIpc) is 2.92. The highest BCUT2D eigenvalue weighted by molar-refractivity contribution is 9.10. The van der Waals surface area contributed by atoms with Gasteiger partial charge in [0.1, 0.15) is 23.0 Å². The molecule has 1 heterocycles. The van der Waals surface area contributed by atoms with Crippen molar-refractivity contribution in [2.75, 3.05) is 0 Å². The fraction of sp³-hybridized carbons (Fsp3) is 0.0303. The van der Waals surface area contributed by atoms with Crippen LogP contribution in [0.25, 0.3) is 21.5 Å². The second-order valence-corrected chi connectivity index (χ2v) is 10.3. The molecule has 1 aliphatic heterocycles. The molecule has 0 unspecified atom stereocenters. The van der Waals surface area contributed by atoms with E-state index in [0.717, 1.165) is 59.8 Å². The molecule has 0 fully saturated rings. The Morgan fingerprint density at radius 3 is 1.65 bits per heavy atom. The first-order chi connectivity index (χ1) is 18.1. The number of hydrogen-bond acceptors (Lipinski definition) is 3. The number of benzene rings is 6. The van der Waals surface area contributed by atoms with Crippen LogP contribution in [-0.2, 0) is 5.41 Å². The smallest absolute Gasteiger partial charge is 0.132 e. The van der Waals surface area contributed by atoms with Gasteiger partial charge in [-0.1, -0.05) is 82.7 Å². The molecule has 0 spiro atoms. The molecule has 6 aromatic rings. The van der Waals surface area contributed by atoms with Crippen LogP contribution in [-0.4, -0.2) is 10.2 Å². The maximum absolute atomic E-state index is 10.6. The Morgan fingerprint density at radius 1 is 0.541 bits per heavy atom. The highest BCUT2D eigenvalue weighted by Gasteiger charge is 2.47. The summed E-state index contributed by atoms with van der Waals surface area (Å²) < 4.78 is 7.59. The van der Waals surface area contributed by atoms with Crippen LogP contribution in [0.15, 0.2) is 120 Å². The van der Waals surface area contributed by atoms with Crippen LogP contribution in [0.2, 0.25) is 0 Å². The Hall–Kier alpha value is -4.28. The number of aromatic hydroxyl groups is 2. The van der Waals surface area contributed by atoms with Crippen LogP contribution < -0.4 is 4.74 Å². The van der Waals surface area contributed by atoms with Crippen molar-refractivity contribution in [3.8, 4) is 23.0 Å². The third-order valence-electron chi connectivity index (χ3n) is 7.37. The normalized spacial score (nSPS) is 13.6. The maximum Gasteiger partial charge on any atom is 0.132 e. The zero-order valence-corrected chi connectivity index (χ0v) is 21.2. The zero-order valence-electron chi connectivity index (χ0n) is 19.7. The summed E-state index contributed by atoms with van der Waals surface area (Å²) in [4.78, 5) is 0. The van der Waals surface area contributed by atoms with Gasteiger partial charge in [0.15, 0.2) is 0 Å². The van der Waals surface area contributed by atoms with Gasteiger partial charge in [0.05, 0.1) is 5.41 Å². The van der Waals surface area contributed by atoms with Gasteiger partial charge >= 0.3 is 0 Å². The van der Waals surface area contributed by atoms with Crippen molar-refractivity contribution in [1.82, 2.24) is 0 Å². The lowest BCUT2D eigenvalue weighted by atomic mass is 9.61. The minimum Gasteiger partial charge on any atom is -0.508 e. The van der Waals surface area contributed by atoms with Crippen LogP contribution >= 0.6 is 15.9 Å². The number of ether oxygens (including phenoxy) is 1. The van der Waals surface area contributed by atoms with E-state index in [2.05, 4.69) is 52.3 Å². The highest BCUT2D eigenvalue weighted by Crippen LogP contribution is 2.59. The van der Waals surface area contributed by atoms with Gasteiger partial charge in [0, 0.05) is 15.6 Å². The van der Waals surface area contributed by atoms with Gasteiger partial charge < -0.3 is 14.9 Å². The van der Waals surface area contributed by atoms with E-state index in [1.54, 1.807) is 12.1 Å². The van der Waals surface area contributed by atoms with Gasteiger partial charge in [0.2, 0.25) is 0 Å². The summed E-state index contributed by atoms with van der Waals surface area (Å²) >= 11 is 3.72. The van der Waals surface area contributed by atoms with Gasteiger partial charge in [-0.15, -0.1) is 0 Å². The largest absolute Gasteiger partial charge is 0.508 e. The SMILES string of the molecule is Oc1ccc2ccc3c(c2c1)C(c1ccccc1)(c1cccc(Br)c1)c1c(ccc2ccc(O)cc12)O3. The fourth-order valence-electron chi connectivity index (χ4n) is 5.92. The monoisotopic (exact) mass is 544 g/mol. The lowest BCUT2D eigenvalue weighted by molar-refractivity contribution is 0.438. The first kappa shape index (κ1) is 22.0. The summed E-state index contributed by atoms with van der Waals surface area (Å²) in [6, 6.07) is 37.8. The van der Waals surface area contributed by atoms with Crippen molar-refractivity contribution in [3.05, 3.63) is 142 Å². The van der Waals surface area contributed by atoms with E-state index in [1.165, 1.54) is 0 Å². The summed E-state index contributed by atoms with van der Waals surface area (Å²) in [6.07, 6.45) is 0. The van der Waals surface area contributed by atoms with Gasteiger partial charge in [0.25, 0.3) is 0 Å². The number of rotatable bonds is 2. The Kier molecular flexibility index (Phi) is 4.82. The molecule has 1 aliphatic rings. The first-order valence-electron chi connectivity index (χ1n) is 12.1. The van der Waals surface area contributed by atoms with E-state index in [0.29, 0.717) is 0 Å². The van der Waals surface area contributed by atoms with Crippen molar-refractivity contribution >= 4 is 37.5 Å². The molecule has 2 N–H and O–H groups in total. The maximum atomic E-state index is 10.6. The molecule has 6 aromatic carbocycles. The first-order valence-corrected chi connectivity index (χ1v) is 12.9. The molecule has 0 aliphatic carbocycles. The van der Waals surface area contributed by atoms with Crippen molar-refractivity contribution < 1.29 is 14.9 Å². The number of halogens is 1. The van der Waals surface area contributed by atoms with Gasteiger partial charge in [-0.05, 0) is 81.2 Å². The molecular formula is C33H21BrO3. The second-order valence-electron chi connectivity index (χ2n) is 9.42. The molecule has 0 amide bonds. The fourth-order valence-corrected chi connectivity index (χ4v) is 6.32. The Bertz CT molecular complexity index is 1750. The van der Waals surface area contributed by atoms with Crippen molar-refractivity contribution in [3.63, 3.8) is 0 Å². The lowest BCUT2D eigenvalue weighted by Gasteiger charge is -2.43. The van der Waals surface area contributed by atoms with E-state index in [4.69, 9.17) is 4.74 Å². The summed E-state index contributed by atoms with van der Waals surface area (Å²) in [6.45, 7) is 0. The van der Waals surface area contributed by atoms with Crippen molar-refractivity contribution in [2.45, 2.75) is 5.41 Å². The number of phenolic OH excluding ortho intramolecular Hbond substituents is 2. The third-order valence-corrected chi connectivity index (χ3v) is 7.86. The molecule has 37 heavy (non-hydrogen) atoms. The van der Waals surface area contributed by atoms with Gasteiger partial charge in [-0.25, -0.2) is 0 Å². The van der Waals surface area contributed by atoms with Crippen LogP contribution in [0.4, 0.5) is 0 Å². The number of phenols is 2. The lowest BCUT2D eigenvalue weighted by Crippen LogP contribution is -2.34. The molecular weight excluding hydrogens is 524 g/mol. The molecule has 0 radical (unpaired) electrons. The van der Waals surface area contributed by atoms with Crippen molar-refractivity contribution in [2.24, 2.45) is 0 Å². The Morgan fingerprint density at radius 2 is 1.08 bits per heavy atom. The summed E-state index contributed by atoms with van der Waals surface area (Å²) in [5, 5.41) is 25.0. The van der Waals surface area contributed by atoms with Gasteiger partial charge in [-0.3, -0.25) is 0 Å². The molecule has 4 heteroatoms. The quantitative estimate of drug-likeness (QED) is 0.229. The minimum atomic E-state index is -0.811. The van der Waals surface area contributed by atoms with Crippen LogP contribution in [0.1, 0.15) is 22.3 Å². The van der Waals surface area contributed by atoms with E-state index in [-0.39, 0.29) is 11.5 Å². The molecule has 0 aromatic heterocycles. The van der Waals surface area contributed by atoms with E-state index in [1.807, 2.05) is 66.7 Å². The number of fused-ring (bicyclic) bond motifs is 6. The zero-order chi connectivity index (χ0) is 25.1. The molecule has 0 saturated heterocycles. The predicted molar refractivity (Wildman–Crippen MR) is 151 cm³/mol. The van der Waals surface area contributed by atoms with E-state index >= 15 is 0 Å². The molecule has 0 atom stereocenters. The molecule has 7 rings (SSSR count). The van der Waals surface area contributed by atoms with Crippen LogP contribution in [0.3, 0.4) is 0 Å². The highest BCUT2D eigenvalue weighted by atomic mass is 79.9. The van der Waals surface area contributed by atoms with Crippen LogP contribution in [0, 0.1) is 0 Å². The summed E-state index contributed by atoms with van der Waals surface area (Å²) in [5.41, 5.74) is 3.20. The summed E-state index contributed by atoms with van der Waals surface area (Å²) in [5.74, 6) is 1.85. The Labute approximate surface area is 222 Å². The van der Waals surface area contributed by atoms with Crippen molar-refractivity contribution in [1.29, 1.82) is 0 Å². The number of hydrogen-bond donors (Lipinski definition) is 2. The van der Waals surface area contributed by atoms with Gasteiger partial charge in [-0.2, -0.15) is 0 Å². The standard InChI is InChI=1S/C33H21BrO3/c34-24-8-4-7-23(17-24)33(22-5-2-1-3-6-22)31-27-18-25(35)13-9-20(27)11-15-29(31)37-30-16-12-21-10-14-26(36)19-28(21)32(30)33/h1-19,35-36H. The molecule has 0 bridgehead atoms. The molecule has 0 saturated carbocycles. The van der Waals surface area contributed by atoms with E-state index in [9.17, 15) is 10.2 Å². The molecule has 3 nitrogen and oxygen atoms in total. The van der Waals surface area contributed by atoms with Crippen LogP contribution in [0.5, 0.6) is 23.0 Å². The topological polar surface area (TPSA) is 49.7 Å². The van der Waals surface area contributed by atoms with E-state index < -0.39 is 5.41 Å². The Balaban J connectivity index is 1.79. The predicted octanol–water partition coefficient (Wildman–Crippen LogP) is 8.66.